The molecule has 24 nitrogen and oxygen atoms in total. The summed E-state index contributed by atoms with van der Waals surface area (Å²) in [6.45, 7) is 4.36. The lowest BCUT2D eigenvalue weighted by molar-refractivity contribution is -0.432. The molecule has 6 rings (SSSR count). The van der Waals surface area contributed by atoms with E-state index in [0.717, 1.165) is 0 Å². The highest BCUT2D eigenvalue weighted by Gasteiger charge is 2.24. The van der Waals surface area contributed by atoms with Crippen LogP contribution < -0.4 is 15.2 Å². The first kappa shape index (κ1) is 49.5. The van der Waals surface area contributed by atoms with Crippen LogP contribution in [0.4, 0.5) is 34.1 Å². The molecule has 0 saturated heterocycles. The highest BCUT2D eigenvalue weighted by Crippen LogP contribution is 2.42. The number of carbonyl (C=O) groups excluding carboxylic acids is 1. The van der Waals surface area contributed by atoms with E-state index in [1.54, 1.807) is 38.1 Å². The number of imidazole rings is 1. The third kappa shape index (κ3) is 12.5. The van der Waals surface area contributed by atoms with Gasteiger partial charge in [0.15, 0.2) is 5.65 Å². The van der Waals surface area contributed by atoms with E-state index in [-0.39, 0.29) is 98.9 Å². The molecule has 352 valence electrons. The Labute approximate surface area is 384 Å². The molecule has 0 spiro atoms. The second kappa shape index (κ2) is 21.1. The molecule has 2 heterocycles. The molecule has 0 atom stereocenters. The molecule has 0 unspecified atom stereocenters. The van der Waals surface area contributed by atoms with Crippen LogP contribution in [0.25, 0.3) is 16.7 Å². The average molecular weight is 982 g/mol. The van der Waals surface area contributed by atoms with Gasteiger partial charge in [-0.1, -0.05) is 17.2 Å². The summed E-state index contributed by atoms with van der Waals surface area (Å²) >= 11 is 0.541. The Balaban J connectivity index is 1.39. The quantitative estimate of drug-likeness (QED) is 0.00978. The fraction of sp³-hybridized carbons (Fsp3) is 0.225. The number of carbonyl (C=O) groups is 2. The molecule has 0 bridgehead atoms. The lowest BCUT2D eigenvalue weighted by Crippen LogP contribution is -2.15. The van der Waals surface area contributed by atoms with Crippen LogP contribution in [0.5, 0.6) is 17.4 Å². The van der Waals surface area contributed by atoms with Gasteiger partial charge in [-0.2, -0.15) is 27.1 Å². The number of aryl methyl sites for hydroxylation is 2. The monoisotopic (exact) mass is 981 g/mol. The number of nitrogens with two attached hydrogens (primary N) is 1. The third-order valence-corrected chi connectivity index (χ3v) is 11.7. The number of hydrogen-bond acceptors (Lipinski definition) is 20. The van der Waals surface area contributed by atoms with Crippen molar-refractivity contribution in [1.29, 1.82) is 0 Å². The number of azo groups is 3. The number of rotatable bonds is 21. The lowest BCUT2D eigenvalue weighted by atomic mass is 10.1. The Morgan fingerprint density at radius 1 is 0.746 bits per heavy atom. The van der Waals surface area contributed by atoms with Gasteiger partial charge in [-0.3, -0.25) is 18.3 Å². The van der Waals surface area contributed by atoms with E-state index >= 15 is 0 Å². The minimum Gasteiger partial charge on any atom is -0.493 e. The fourth-order valence-electron chi connectivity index (χ4n) is 6.36. The van der Waals surface area contributed by atoms with Gasteiger partial charge in [-0.25, -0.2) is 15.0 Å². The van der Waals surface area contributed by atoms with Gasteiger partial charge in [0.2, 0.25) is 5.88 Å². The second-order valence-corrected chi connectivity index (χ2v) is 18.2. The molecule has 0 aliphatic rings. The maximum Gasteiger partial charge on any atom is 0.338 e. The Hall–Kier alpha value is -6.98. The van der Waals surface area contributed by atoms with Crippen molar-refractivity contribution in [3.8, 4) is 17.4 Å². The summed E-state index contributed by atoms with van der Waals surface area (Å²) in [6.07, 6.45) is -0.260. The van der Waals surface area contributed by atoms with E-state index in [1.807, 2.05) is 0 Å². The fourth-order valence-corrected chi connectivity index (χ4v) is 7.72. The summed E-state index contributed by atoms with van der Waals surface area (Å²) in [5.74, 6) is -3.76. The molecule has 0 fully saturated rings. The van der Waals surface area contributed by atoms with Crippen molar-refractivity contribution < 1.29 is 69.8 Å². The summed E-state index contributed by atoms with van der Waals surface area (Å²) in [7, 11) is -8.64. The van der Waals surface area contributed by atoms with Gasteiger partial charge >= 0.3 is 5.97 Å². The largest absolute Gasteiger partial charge is 0.493 e. The number of carboxylic acids is 1. The molecule has 4 aromatic carbocycles. The van der Waals surface area contributed by atoms with E-state index in [2.05, 4.69) is 45.0 Å². The number of nitrogens with zero attached hydrogens (tertiary/aromatic N) is 8. The minimum atomic E-state index is -4.33. The Kier molecular flexibility index (Phi) is 15.6. The van der Waals surface area contributed by atoms with Gasteiger partial charge in [0.1, 0.15) is 34.2 Å². The molecule has 0 radical (unpaired) electrons. The van der Waals surface area contributed by atoms with Crippen LogP contribution in [0.2, 0.25) is 0 Å². The zero-order valence-corrected chi connectivity index (χ0v) is 37.7. The second-order valence-electron chi connectivity index (χ2n) is 14.3. The van der Waals surface area contributed by atoms with Crippen molar-refractivity contribution in [2.75, 3.05) is 24.7 Å². The number of aromatic hydroxyl groups is 1. The lowest BCUT2D eigenvalue weighted by Gasteiger charge is -2.13. The number of primary amides is 1. The maximum absolute atomic E-state index is 12.7. The van der Waals surface area contributed by atoms with Gasteiger partial charge in [-0.05, 0) is 92.8 Å². The minimum absolute atomic E-state index is 0.00954. The number of aromatic nitrogens is 2. The SMILES string of the molecule is Cc1cc(N=Nc2c(C)c(C(N)=O)c3nc4ccccc4n3c2O)c(OCCCS(=O)(=O)O)cc1N=Nc1cc(C)c(N=Nc2ccc(SOOO)cc2C(=O)O)cc1OCCCS(=O)(=O)O. The first-order valence-corrected chi connectivity index (χ1v) is 23.4. The van der Waals surface area contributed by atoms with Gasteiger partial charge < -0.3 is 25.4 Å². The first-order valence-electron chi connectivity index (χ1n) is 19.4. The Morgan fingerprint density at radius 3 is 1.82 bits per heavy atom. The number of fused-ring (bicyclic) bond motifs is 3. The first-order chi connectivity index (χ1) is 31.7. The molecular weight excluding hydrogens is 943 g/mol. The van der Waals surface area contributed by atoms with Crippen LogP contribution in [-0.4, -0.2) is 87.4 Å². The number of carboxylic acid groups (broad SMARTS) is 1. The molecule has 67 heavy (non-hydrogen) atoms. The number of amides is 1. The molecule has 0 aliphatic carbocycles. The molecule has 6 aromatic rings. The highest BCUT2D eigenvalue weighted by molar-refractivity contribution is 7.94. The zero-order valence-electron chi connectivity index (χ0n) is 35.3. The number of benzene rings is 4. The molecule has 27 heteroatoms. The Morgan fingerprint density at radius 2 is 1.28 bits per heavy atom. The summed E-state index contributed by atoms with van der Waals surface area (Å²) in [4.78, 5) is 29.5. The third-order valence-electron chi connectivity index (χ3n) is 9.50. The van der Waals surface area contributed by atoms with Crippen LogP contribution in [0.3, 0.4) is 0 Å². The average Bonchev–Trinajstić information content (AvgIpc) is 3.64. The normalized spacial score (nSPS) is 12.3. The summed E-state index contributed by atoms with van der Waals surface area (Å²) in [6, 6.07) is 16.7. The van der Waals surface area contributed by atoms with E-state index in [0.29, 0.717) is 34.2 Å². The van der Waals surface area contributed by atoms with Crippen molar-refractivity contribution >= 4 is 95.0 Å². The van der Waals surface area contributed by atoms with Crippen molar-refractivity contribution in [3.05, 3.63) is 94.5 Å². The van der Waals surface area contributed by atoms with Crippen molar-refractivity contribution in [1.82, 2.24) is 9.38 Å². The summed E-state index contributed by atoms with van der Waals surface area (Å²) in [5.41, 5.74) is 8.00. The smallest absolute Gasteiger partial charge is 0.338 e. The van der Waals surface area contributed by atoms with Crippen molar-refractivity contribution in [3.63, 3.8) is 0 Å². The topological polar surface area (TPSA) is 358 Å². The molecule has 1 amide bonds. The van der Waals surface area contributed by atoms with Crippen LogP contribution in [0.1, 0.15) is 50.2 Å². The summed E-state index contributed by atoms with van der Waals surface area (Å²) in [5, 5.41) is 59.0. The van der Waals surface area contributed by atoms with E-state index < -0.39 is 49.5 Å². The standard InChI is InChI=1S/C40H39N9O15S3/c1-21-16-30(33(61-12-6-14-66(55,56)57)19-28(21)44-43-26-11-10-24(65-64-63-54)18-25(26)40(52)53)46-45-29-20-34(62-13-7-15-67(58,59)60)31(17-22(29)2)47-48-36-23(3)35(37(41)50)38-42-27-8-4-5-9-32(27)49(38)39(36)51/h4-5,8-11,16-20,51,54H,6-7,12-15H2,1-3H3,(H2,41,50)(H,52,53)(H,55,56,57)(H,58,59,60). The number of pyridine rings is 1. The highest BCUT2D eigenvalue weighted by atomic mass is 32.2. The zero-order chi connectivity index (χ0) is 48.6. The van der Waals surface area contributed by atoms with Crippen molar-refractivity contribution in [2.45, 2.75) is 38.5 Å². The van der Waals surface area contributed by atoms with E-state index in [9.17, 15) is 45.7 Å². The van der Waals surface area contributed by atoms with Gasteiger partial charge in [0, 0.05) is 17.0 Å². The Bertz CT molecular complexity index is 3220. The molecule has 0 saturated carbocycles. The molecule has 2 aromatic heterocycles. The molecule has 7 N–H and O–H groups in total. The maximum atomic E-state index is 12.7. The summed E-state index contributed by atoms with van der Waals surface area (Å²) < 4.78 is 81.6. The predicted octanol–water partition coefficient (Wildman–Crippen LogP) is 8.90. The number of aromatic carboxylic acids is 1. The predicted molar refractivity (Wildman–Crippen MR) is 240 cm³/mol. The van der Waals surface area contributed by atoms with E-state index in [1.165, 1.54) is 53.8 Å². The van der Waals surface area contributed by atoms with Crippen LogP contribution in [-0.2, 0) is 29.6 Å². The van der Waals surface area contributed by atoms with Gasteiger partial charge in [0.05, 0.1) is 70.3 Å². The molecular formula is C40H39N9O15S3. The van der Waals surface area contributed by atoms with Crippen LogP contribution in [0.15, 0.2) is 102 Å². The number of hydrogen-bond donors (Lipinski definition) is 6. The number of para-hydroxylation sites is 2. The van der Waals surface area contributed by atoms with Crippen LogP contribution >= 0.6 is 12.0 Å². The number of ether oxygens (including phenoxy) is 2. The van der Waals surface area contributed by atoms with E-state index in [4.69, 9.17) is 20.5 Å². The van der Waals surface area contributed by atoms with Gasteiger partial charge in [0.25, 0.3) is 26.1 Å². The van der Waals surface area contributed by atoms with Crippen LogP contribution in [0, 0.1) is 20.8 Å². The van der Waals surface area contributed by atoms with Crippen molar-refractivity contribution in [2.24, 2.45) is 36.4 Å². The van der Waals surface area contributed by atoms with Gasteiger partial charge in [-0.15, -0.1) is 24.8 Å². The molecule has 0 aliphatic heterocycles.